The Morgan fingerprint density at radius 2 is 1.96 bits per heavy atom. The van der Waals surface area contributed by atoms with E-state index in [9.17, 15) is 22.0 Å². The van der Waals surface area contributed by atoms with Gasteiger partial charge in [-0.05, 0) is 50.2 Å². The third kappa shape index (κ3) is 3.63. The van der Waals surface area contributed by atoms with Crippen LogP contribution in [-0.4, -0.2) is 32.7 Å². The van der Waals surface area contributed by atoms with Gasteiger partial charge < -0.3 is 5.32 Å². The van der Waals surface area contributed by atoms with Crippen LogP contribution in [0.4, 0.5) is 14.5 Å². The lowest BCUT2D eigenvalue weighted by atomic mass is 9.95. The molecule has 1 aromatic rings. The minimum absolute atomic E-state index is 0.0695. The fraction of sp³-hybridized carbons (Fsp3) is 0.588. The molecule has 8 heteroatoms. The molecule has 0 aliphatic heterocycles. The van der Waals surface area contributed by atoms with Gasteiger partial charge in [0, 0.05) is 12.1 Å². The van der Waals surface area contributed by atoms with Crippen molar-refractivity contribution in [3.8, 4) is 0 Å². The quantitative estimate of drug-likeness (QED) is 0.863. The Labute approximate surface area is 146 Å². The highest BCUT2D eigenvalue weighted by Crippen LogP contribution is 2.44. The lowest BCUT2D eigenvalue weighted by molar-refractivity contribution is -0.122. The highest BCUT2D eigenvalue weighted by molar-refractivity contribution is 7.92. The number of nitrogens with zero attached hydrogens (tertiary/aromatic N) is 1. The Kier molecular flexibility index (Phi) is 4.74. The molecule has 5 nitrogen and oxygen atoms in total. The highest BCUT2D eigenvalue weighted by Gasteiger charge is 2.41. The SMILES string of the molecule is C[C@@H](C(=O)N[C@@H]1C[C@@H]2CC[C@@H]1C2)N(c1ccc(F)c(F)c1)S(C)(=O)=O. The van der Waals surface area contributed by atoms with E-state index in [0.717, 1.165) is 48.0 Å². The van der Waals surface area contributed by atoms with Crippen LogP contribution in [0.15, 0.2) is 18.2 Å². The summed E-state index contributed by atoms with van der Waals surface area (Å²) in [5, 5.41) is 2.95. The number of fused-ring (bicyclic) bond motifs is 2. The first kappa shape index (κ1) is 18.1. The molecule has 0 spiro atoms. The summed E-state index contributed by atoms with van der Waals surface area (Å²) in [5.74, 6) is -1.56. The molecule has 0 heterocycles. The number of amides is 1. The number of sulfonamides is 1. The molecular weight excluding hydrogens is 350 g/mol. The molecule has 0 radical (unpaired) electrons. The summed E-state index contributed by atoms with van der Waals surface area (Å²) in [6, 6.07) is 1.81. The molecule has 0 aromatic heterocycles. The van der Waals surface area contributed by atoms with Gasteiger partial charge >= 0.3 is 0 Å². The van der Waals surface area contributed by atoms with Gasteiger partial charge in [0.05, 0.1) is 11.9 Å². The highest BCUT2D eigenvalue weighted by atomic mass is 32.2. The summed E-state index contributed by atoms with van der Waals surface area (Å²) < 4.78 is 51.8. The number of hydrogen-bond donors (Lipinski definition) is 1. The number of anilines is 1. The van der Waals surface area contributed by atoms with Crippen LogP contribution in [0.1, 0.15) is 32.6 Å². The molecule has 0 unspecified atom stereocenters. The third-order valence-electron chi connectivity index (χ3n) is 5.31. The van der Waals surface area contributed by atoms with E-state index in [1.165, 1.54) is 13.3 Å². The first-order valence-corrected chi connectivity index (χ1v) is 10.3. The third-order valence-corrected chi connectivity index (χ3v) is 6.55. The van der Waals surface area contributed by atoms with Crippen molar-refractivity contribution in [1.82, 2.24) is 5.32 Å². The summed E-state index contributed by atoms with van der Waals surface area (Å²) in [6.45, 7) is 1.45. The molecule has 25 heavy (non-hydrogen) atoms. The number of nitrogens with one attached hydrogen (secondary N) is 1. The fourth-order valence-electron chi connectivity index (χ4n) is 4.16. The monoisotopic (exact) mass is 372 g/mol. The molecule has 3 rings (SSSR count). The fourth-order valence-corrected chi connectivity index (χ4v) is 5.32. The van der Waals surface area contributed by atoms with E-state index in [1.54, 1.807) is 0 Å². The van der Waals surface area contributed by atoms with Gasteiger partial charge in [-0.25, -0.2) is 17.2 Å². The van der Waals surface area contributed by atoms with Gasteiger partial charge in [-0.1, -0.05) is 6.42 Å². The van der Waals surface area contributed by atoms with E-state index in [4.69, 9.17) is 0 Å². The van der Waals surface area contributed by atoms with E-state index in [2.05, 4.69) is 5.32 Å². The summed E-state index contributed by atoms with van der Waals surface area (Å²) >= 11 is 0. The van der Waals surface area contributed by atoms with Crippen LogP contribution < -0.4 is 9.62 Å². The van der Waals surface area contributed by atoms with Crippen LogP contribution >= 0.6 is 0 Å². The Balaban J connectivity index is 1.80. The van der Waals surface area contributed by atoms with Crippen LogP contribution in [0.25, 0.3) is 0 Å². The standard InChI is InChI=1S/C17H22F2N2O3S/c1-10(17(22)20-16-8-11-3-4-12(16)7-11)21(25(2,23)24)13-5-6-14(18)15(19)9-13/h5-6,9-12,16H,3-4,7-8H2,1-2H3,(H,20,22)/t10-,11+,12+,16+/m0/s1. The second-order valence-corrected chi connectivity index (χ2v) is 8.98. The molecule has 2 saturated carbocycles. The topological polar surface area (TPSA) is 66.5 Å². The molecule has 2 bridgehead atoms. The lowest BCUT2D eigenvalue weighted by Crippen LogP contribution is -2.51. The smallest absolute Gasteiger partial charge is 0.243 e. The summed E-state index contributed by atoms with van der Waals surface area (Å²) in [5.41, 5.74) is -0.0722. The number of rotatable bonds is 5. The molecule has 2 fully saturated rings. The second kappa shape index (κ2) is 6.55. The van der Waals surface area contributed by atoms with Gasteiger partial charge in [-0.15, -0.1) is 0 Å². The summed E-state index contributed by atoms with van der Waals surface area (Å²) in [6.07, 6.45) is 5.25. The van der Waals surface area contributed by atoms with Crippen molar-refractivity contribution in [2.45, 2.75) is 44.7 Å². The van der Waals surface area contributed by atoms with Crippen LogP contribution in [0.5, 0.6) is 0 Å². The Hall–Kier alpha value is -1.70. The van der Waals surface area contributed by atoms with Crippen molar-refractivity contribution in [2.75, 3.05) is 10.6 Å². The molecule has 0 saturated heterocycles. The zero-order valence-electron chi connectivity index (χ0n) is 14.2. The van der Waals surface area contributed by atoms with Gasteiger partial charge in [0.15, 0.2) is 11.6 Å². The van der Waals surface area contributed by atoms with Crippen LogP contribution in [0, 0.1) is 23.5 Å². The van der Waals surface area contributed by atoms with Crippen LogP contribution in [0.2, 0.25) is 0 Å². The Morgan fingerprint density at radius 1 is 1.24 bits per heavy atom. The number of benzene rings is 1. The maximum absolute atomic E-state index is 13.5. The maximum Gasteiger partial charge on any atom is 0.243 e. The molecule has 2 aliphatic carbocycles. The molecule has 1 aromatic carbocycles. The van der Waals surface area contributed by atoms with Gasteiger partial charge in [0.25, 0.3) is 0 Å². The first-order chi connectivity index (χ1) is 11.7. The predicted molar refractivity (Wildman–Crippen MR) is 90.5 cm³/mol. The van der Waals surface area contributed by atoms with Crippen molar-refractivity contribution in [3.63, 3.8) is 0 Å². The van der Waals surface area contributed by atoms with Gasteiger partial charge in [0.1, 0.15) is 6.04 Å². The van der Waals surface area contributed by atoms with Gasteiger partial charge in [-0.3, -0.25) is 9.10 Å². The molecule has 2 aliphatic rings. The van der Waals surface area contributed by atoms with E-state index in [1.807, 2.05) is 0 Å². The van der Waals surface area contributed by atoms with Gasteiger partial charge in [0.2, 0.25) is 15.9 Å². The average Bonchev–Trinajstić information content (AvgIpc) is 3.12. The molecule has 1 N–H and O–H groups in total. The molecule has 4 atom stereocenters. The van der Waals surface area contributed by atoms with E-state index >= 15 is 0 Å². The Bertz CT molecular complexity index is 784. The van der Waals surface area contributed by atoms with Crippen molar-refractivity contribution in [3.05, 3.63) is 29.8 Å². The second-order valence-electron chi connectivity index (χ2n) is 7.12. The summed E-state index contributed by atoms with van der Waals surface area (Å²) in [7, 11) is -3.85. The molecular formula is C17H22F2N2O3S. The zero-order chi connectivity index (χ0) is 18.4. The number of carbonyl (C=O) groups is 1. The minimum atomic E-state index is -3.85. The van der Waals surface area contributed by atoms with Gasteiger partial charge in [-0.2, -0.15) is 0 Å². The predicted octanol–water partition coefficient (Wildman–Crippen LogP) is 2.42. The van der Waals surface area contributed by atoms with Crippen molar-refractivity contribution in [2.24, 2.45) is 11.8 Å². The van der Waals surface area contributed by atoms with Crippen molar-refractivity contribution >= 4 is 21.6 Å². The van der Waals surface area contributed by atoms with Crippen molar-refractivity contribution in [1.29, 1.82) is 0 Å². The minimum Gasteiger partial charge on any atom is -0.351 e. The maximum atomic E-state index is 13.5. The van der Waals surface area contributed by atoms with E-state index in [0.29, 0.717) is 11.8 Å². The molecule has 1 amide bonds. The number of hydrogen-bond acceptors (Lipinski definition) is 3. The summed E-state index contributed by atoms with van der Waals surface area (Å²) in [4.78, 5) is 12.6. The number of halogens is 2. The van der Waals surface area contributed by atoms with E-state index in [-0.39, 0.29) is 11.7 Å². The van der Waals surface area contributed by atoms with E-state index < -0.39 is 33.6 Å². The largest absolute Gasteiger partial charge is 0.351 e. The number of carbonyl (C=O) groups excluding carboxylic acids is 1. The Morgan fingerprint density at radius 3 is 2.48 bits per heavy atom. The van der Waals surface area contributed by atoms with Crippen molar-refractivity contribution < 1.29 is 22.0 Å². The van der Waals surface area contributed by atoms with Crippen LogP contribution in [-0.2, 0) is 14.8 Å². The van der Waals surface area contributed by atoms with Crippen LogP contribution in [0.3, 0.4) is 0 Å². The molecule has 138 valence electrons. The normalized spacial score (nSPS) is 26.5. The zero-order valence-corrected chi connectivity index (χ0v) is 15.0. The average molecular weight is 372 g/mol. The lowest BCUT2D eigenvalue weighted by Gasteiger charge is -2.31. The first-order valence-electron chi connectivity index (χ1n) is 8.41.